The van der Waals surface area contributed by atoms with Crippen molar-refractivity contribution >= 4 is 16.6 Å². The van der Waals surface area contributed by atoms with Crippen LogP contribution in [-0.2, 0) is 0 Å². The molecule has 7 heteroatoms. The summed E-state index contributed by atoms with van der Waals surface area (Å²) in [5.74, 6) is -1.07. The maximum Gasteiger partial charge on any atom is 0.267 e. The van der Waals surface area contributed by atoms with E-state index in [0.717, 1.165) is 18.9 Å². The zero-order valence-corrected chi connectivity index (χ0v) is 18.3. The zero-order valence-electron chi connectivity index (χ0n) is 18.3. The molecule has 1 N–H and O–H groups in total. The standard InChI is InChI=1S/C26H24F2N4O/c1-17-12-14-30(15-13-17)24-21(27)16-20-23(22(24)28)31(18-8-4-2-5-9-18)26(29)32(25(20)33)19-10-6-3-7-11-19/h2-11,16-17,29H,12-15H2,1H3. The van der Waals surface area contributed by atoms with Crippen LogP contribution in [0.4, 0.5) is 14.5 Å². The molecule has 0 unspecified atom stereocenters. The molecule has 1 aliphatic heterocycles. The molecule has 1 aliphatic rings. The number of para-hydroxylation sites is 2. The minimum atomic E-state index is -0.811. The highest BCUT2D eigenvalue weighted by Gasteiger charge is 2.27. The van der Waals surface area contributed by atoms with Gasteiger partial charge >= 0.3 is 0 Å². The van der Waals surface area contributed by atoms with E-state index in [2.05, 4.69) is 6.92 Å². The molecule has 3 aromatic carbocycles. The second-order valence-corrected chi connectivity index (χ2v) is 8.56. The number of hydrogen-bond donors (Lipinski definition) is 1. The Bertz CT molecular complexity index is 1440. The molecule has 1 fully saturated rings. The van der Waals surface area contributed by atoms with Crippen LogP contribution in [0.25, 0.3) is 22.3 Å². The second-order valence-electron chi connectivity index (χ2n) is 8.56. The van der Waals surface area contributed by atoms with Gasteiger partial charge in [-0.2, -0.15) is 0 Å². The van der Waals surface area contributed by atoms with Gasteiger partial charge in [0.15, 0.2) is 5.82 Å². The molecule has 5 rings (SSSR count). The molecular weight excluding hydrogens is 422 g/mol. The van der Waals surface area contributed by atoms with E-state index in [9.17, 15) is 4.79 Å². The molecule has 2 heterocycles. The van der Waals surface area contributed by atoms with Crippen LogP contribution in [0, 0.1) is 23.0 Å². The van der Waals surface area contributed by atoms with Crippen LogP contribution < -0.4 is 16.1 Å². The van der Waals surface area contributed by atoms with Crippen molar-refractivity contribution in [3.05, 3.63) is 94.3 Å². The molecular formula is C26H24F2N4O. The fourth-order valence-electron chi connectivity index (χ4n) is 4.57. The third kappa shape index (κ3) is 3.53. The van der Waals surface area contributed by atoms with E-state index in [1.165, 1.54) is 9.13 Å². The number of benzene rings is 3. The van der Waals surface area contributed by atoms with Gasteiger partial charge in [0.2, 0.25) is 5.62 Å². The smallest absolute Gasteiger partial charge is 0.267 e. The van der Waals surface area contributed by atoms with Crippen LogP contribution in [0.15, 0.2) is 71.5 Å². The van der Waals surface area contributed by atoms with Crippen molar-refractivity contribution in [2.45, 2.75) is 19.8 Å². The summed E-state index contributed by atoms with van der Waals surface area (Å²) in [7, 11) is 0. The van der Waals surface area contributed by atoms with Crippen molar-refractivity contribution < 1.29 is 8.78 Å². The molecule has 0 amide bonds. The summed E-state index contributed by atoms with van der Waals surface area (Å²) < 4.78 is 34.0. The maximum absolute atomic E-state index is 16.1. The lowest BCUT2D eigenvalue weighted by Crippen LogP contribution is -2.39. The summed E-state index contributed by atoms with van der Waals surface area (Å²) >= 11 is 0. The Labute approximate surface area is 189 Å². The summed E-state index contributed by atoms with van der Waals surface area (Å²) in [5, 5.41) is 8.78. The lowest BCUT2D eigenvalue weighted by Gasteiger charge is -2.33. The van der Waals surface area contributed by atoms with Gasteiger partial charge in [-0.3, -0.25) is 14.8 Å². The molecule has 0 atom stereocenters. The largest absolute Gasteiger partial charge is 0.367 e. The molecule has 1 aromatic heterocycles. The van der Waals surface area contributed by atoms with Gasteiger partial charge in [0, 0.05) is 18.8 Å². The molecule has 5 nitrogen and oxygen atoms in total. The molecule has 0 spiro atoms. The highest BCUT2D eigenvalue weighted by atomic mass is 19.1. The second kappa shape index (κ2) is 8.31. The fraction of sp³-hybridized carbons (Fsp3) is 0.231. The average Bonchev–Trinajstić information content (AvgIpc) is 2.82. The average molecular weight is 447 g/mol. The number of halogens is 2. The number of nitrogens with zero attached hydrogens (tertiary/aromatic N) is 3. The van der Waals surface area contributed by atoms with E-state index in [1.54, 1.807) is 59.5 Å². The van der Waals surface area contributed by atoms with Crippen LogP contribution >= 0.6 is 0 Å². The summed E-state index contributed by atoms with van der Waals surface area (Å²) in [4.78, 5) is 15.2. The van der Waals surface area contributed by atoms with Crippen molar-refractivity contribution in [1.82, 2.24) is 9.13 Å². The molecule has 0 radical (unpaired) electrons. The van der Waals surface area contributed by atoms with E-state index < -0.39 is 17.2 Å². The minimum Gasteiger partial charge on any atom is -0.367 e. The van der Waals surface area contributed by atoms with Gasteiger partial charge in [-0.15, -0.1) is 0 Å². The first-order chi connectivity index (χ1) is 16.0. The van der Waals surface area contributed by atoms with Gasteiger partial charge in [0.25, 0.3) is 5.56 Å². The number of rotatable bonds is 3. The zero-order chi connectivity index (χ0) is 23.1. The summed E-state index contributed by atoms with van der Waals surface area (Å²) in [6.45, 7) is 3.22. The molecule has 4 aromatic rings. The van der Waals surface area contributed by atoms with Crippen molar-refractivity contribution in [3.8, 4) is 11.4 Å². The molecule has 1 saturated heterocycles. The SMILES string of the molecule is CC1CCN(c2c(F)cc3c(=O)n(-c4ccccc4)c(=N)n(-c4ccccc4)c3c2F)CC1. The Balaban J connectivity index is 1.89. The van der Waals surface area contributed by atoms with Gasteiger partial charge in [0.05, 0.1) is 16.6 Å². The Morgan fingerprint density at radius 1 is 0.879 bits per heavy atom. The van der Waals surface area contributed by atoms with Crippen LogP contribution in [0.5, 0.6) is 0 Å². The Kier molecular flexibility index (Phi) is 5.32. The number of fused-ring (bicyclic) bond motifs is 1. The highest BCUT2D eigenvalue weighted by molar-refractivity contribution is 5.85. The van der Waals surface area contributed by atoms with Crippen molar-refractivity contribution in [3.63, 3.8) is 0 Å². The van der Waals surface area contributed by atoms with Gasteiger partial charge in [-0.05, 0) is 49.1 Å². The Morgan fingerprint density at radius 3 is 2.00 bits per heavy atom. The fourth-order valence-corrected chi connectivity index (χ4v) is 4.57. The van der Waals surface area contributed by atoms with Crippen molar-refractivity contribution in [1.29, 1.82) is 5.41 Å². The monoisotopic (exact) mass is 446 g/mol. The normalized spacial score (nSPS) is 14.7. The van der Waals surface area contributed by atoms with Gasteiger partial charge < -0.3 is 4.90 Å². The first kappa shape index (κ1) is 21.1. The van der Waals surface area contributed by atoms with Gasteiger partial charge in [-0.25, -0.2) is 13.3 Å². The van der Waals surface area contributed by atoms with Crippen molar-refractivity contribution in [2.24, 2.45) is 5.92 Å². The number of nitrogens with one attached hydrogen (secondary N) is 1. The lowest BCUT2D eigenvalue weighted by atomic mass is 9.98. The molecule has 0 bridgehead atoms. The minimum absolute atomic E-state index is 0.0848. The van der Waals surface area contributed by atoms with E-state index in [1.807, 2.05) is 6.07 Å². The van der Waals surface area contributed by atoms with Crippen LogP contribution in [0.3, 0.4) is 0 Å². The summed E-state index contributed by atoms with van der Waals surface area (Å²) in [6, 6.07) is 18.7. The first-order valence-corrected chi connectivity index (χ1v) is 11.1. The van der Waals surface area contributed by atoms with E-state index in [0.29, 0.717) is 30.4 Å². The van der Waals surface area contributed by atoms with Gasteiger partial charge in [0.1, 0.15) is 11.5 Å². The molecule has 0 aliphatic carbocycles. The lowest BCUT2D eigenvalue weighted by molar-refractivity contribution is 0.430. The Morgan fingerprint density at radius 2 is 1.42 bits per heavy atom. The third-order valence-corrected chi connectivity index (χ3v) is 6.38. The number of piperidine rings is 1. The quantitative estimate of drug-likeness (QED) is 0.493. The third-order valence-electron chi connectivity index (χ3n) is 6.38. The maximum atomic E-state index is 16.1. The topological polar surface area (TPSA) is 54.0 Å². The highest BCUT2D eigenvalue weighted by Crippen LogP contribution is 2.33. The predicted octanol–water partition coefficient (Wildman–Crippen LogP) is 4.78. The predicted molar refractivity (Wildman–Crippen MR) is 125 cm³/mol. The van der Waals surface area contributed by atoms with E-state index in [-0.39, 0.29) is 22.2 Å². The summed E-state index contributed by atoms with van der Waals surface area (Å²) in [6.07, 6.45) is 1.68. The van der Waals surface area contributed by atoms with Crippen LogP contribution in [0.2, 0.25) is 0 Å². The molecule has 33 heavy (non-hydrogen) atoms. The van der Waals surface area contributed by atoms with Crippen molar-refractivity contribution in [2.75, 3.05) is 18.0 Å². The molecule has 0 saturated carbocycles. The number of anilines is 1. The van der Waals surface area contributed by atoms with Crippen LogP contribution in [0.1, 0.15) is 19.8 Å². The first-order valence-electron chi connectivity index (χ1n) is 11.1. The number of aromatic nitrogens is 2. The van der Waals surface area contributed by atoms with Crippen LogP contribution in [-0.4, -0.2) is 22.2 Å². The van der Waals surface area contributed by atoms with E-state index >= 15 is 8.78 Å². The Hall–Kier alpha value is -3.74. The molecule has 168 valence electrons. The number of hydrogen-bond acceptors (Lipinski definition) is 3. The van der Waals surface area contributed by atoms with Gasteiger partial charge in [-0.1, -0.05) is 43.3 Å². The van der Waals surface area contributed by atoms with E-state index in [4.69, 9.17) is 5.41 Å². The summed E-state index contributed by atoms with van der Waals surface area (Å²) in [5.41, 5.74) is -0.0951.